The lowest BCUT2D eigenvalue weighted by Crippen LogP contribution is -2.40. The topological polar surface area (TPSA) is 115 Å². The second-order valence-corrected chi connectivity index (χ2v) is 10.2. The molecule has 0 saturated carbocycles. The van der Waals surface area contributed by atoms with E-state index in [0.29, 0.717) is 72.1 Å². The maximum atomic E-state index is 13.1. The summed E-state index contributed by atoms with van der Waals surface area (Å²) in [6.45, 7) is 1.98. The van der Waals surface area contributed by atoms with E-state index in [-0.39, 0.29) is 24.3 Å². The number of Topliss-reactive ketones (excluding diaryl/α,β-unsaturated/α-hetero) is 1. The van der Waals surface area contributed by atoms with Crippen LogP contribution in [0.1, 0.15) is 41.6 Å². The van der Waals surface area contributed by atoms with Gasteiger partial charge in [-0.05, 0) is 42.3 Å². The highest BCUT2D eigenvalue weighted by Gasteiger charge is 2.25. The molecule has 9 heteroatoms. The number of nitriles is 1. The van der Waals surface area contributed by atoms with Gasteiger partial charge in [0, 0.05) is 49.2 Å². The number of hydrogen-bond acceptors (Lipinski definition) is 8. The van der Waals surface area contributed by atoms with Gasteiger partial charge in [0.25, 0.3) is 5.91 Å². The molecule has 2 aromatic carbocycles. The van der Waals surface area contributed by atoms with Gasteiger partial charge in [-0.1, -0.05) is 12.1 Å². The Hall–Kier alpha value is -4.68. The first-order valence-electron chi connectivity index (χ1n) is 13.7. The van der Waals surface area contributed by atoms with Crippen molar-refractivity contribution in [2.45, 2.75) is 31.8 Å². The summed E-state index contributed by atoms with van der Waals surface area (Å²) in [6, 6.07) is 16.8. The first-order chi connectivity index (χ1) is 20.0. The van der Waals surface area contributed by atoms with Crippen LogP contribution in [0.4, 0.5) is 0 Å². The van der Waals surface area contributed by atoms with Crippen molar-refractivity contribution in [1.82, 2.24) is 9.88 Å². The summed E-state index contributed by atoms with van der Waals surface area (Å²) in [7, 11) is 1.51. The maximum absolute atomic E-state index is 13.1. The van der Waals surface area contributed by atoms with E-state index < -0.39 is 0 Å². The molecule has 0 unspecified atom stereocenters. The molecular weight excluding hydrogens is 522 g/mol. The number of carbonyl (C=O) groups is 2. The average molecular weight is 552 g/mol. The summed E-state index contributed by atoms with van der Waals surface area (Å²) in [5, 5.41) is 9.85. The number of hydrogen-bond donors (Lipinski definition) is 0. The fourth-order valence-electron chi connectivity index (χ4n) is 5.37. The van der Waals surface area contributed by atoms with Crippen LogP contribution >= 0.6 is 0 Å². The minimum absolute atomic E-state index is 0.0305. The normalized spacial score (nSPS) is 16.0. The molecule has 0 atom stereocenters. The van der Waals surface area contributed by atoms with Crippen LogP contribution in [0.25, 0.3) is 33.6 Å². The van der Waals surface area contributed by atoms with Gasteiger partial charge in [-0.2, -0.15) is 5.26 Å². The van der Waals surface area contributed by atoms with Crippen LogP contribution < -0.4 is 9.47 Å². The number of ketones is 1. The Morgan fingerprint density at radius 3 is 2.68 bits per heavy atom. The van der Waals surface area contributed by atoms with Crippen LogP contribution in [0.2, 0.25) is 0 Å². The van der Waals surface area contributed by atoms with Crippen molar-refractivity contribution in [3.63, 3.8) is 0 Å². The van der Waals surface area contributed by atoms with E-state index in [2.05, 4.69) is 11.1 Å². The van der Waals surface area contributed by atoms with Crippen molar-refractivity contribution in [2.75, 3.05) is 33.4 Å². The Balaban J connectivity index is 1.30. The predicted octanol–water partition coefficient (Wildman–Crippen LogP) is 5.40. The van der Waals surface area contributed by atoms with E-state index in [9.17, 15) is 14.9 Å². The monoisotopic (exact) mass is 551 g/mol. The molecule has 2 saturated heterocycles. The van der Waals surface area contributed by atoms with Gasteiger partial charge in [-0.3, -0.25) is 14.6 Å². The van der Waals surface area contributed by atoms with E-state index in [0.717, 1.165) is 29.5 Å². The Bertz CT molecular complexity index is 1660. The van der Waals surface area contributed by atoms with Gasteiger partial charge in [-0.15, -0.1) is 0 Å². The number of piperidine rings is 1. The highest BCUT2D eigenvalue weighted by Crippen LogP contribution is 2.37. The summed E-state index contributed by atoms with van der Waals surface area (Å²) in [4.78, 5) is 31.1. The number of ether oxygens (including phenoxy) is 3. The SMILES string of the molecule is COc1cc(-c2cc3nccc(-c4ccc(OC5CCOCC5)c(C#N)c4)c3o2)ccc1C(=O)N1CCCC(=O)C1. The molecule has 0 N–H and O–H groups in total. The van der Waals surface area contributed by atoms with Crippen LogP contribution in [0.5, 0.6) is 11.5 Å². The molecule has 0 spiro atoms. The third-order valence-electron chi connectivity index (χ3n) is 7.54. The minimum atomic E-state index is -0.229. The Morgan fingerprint density at radius 1 is 1.07 bits per heavy atom. The molecular formula is C32H29N3O6. The lowest BCUT2D eigenvalue weighted by molar-refractivity contribution is -0.121. The molecule has 1 amide bonds. The van der Waals surface area contributed by atoms with Crippen LogP contribution in [0.3, 0.4) is 0 Å². The summed E-state index contributed by atoms with van der Waals surface area (Å²) in [5.74, 6) is 1.36. The third kappa shape index (κ3) is 5.39. The zero-order valence-electron chi connectivity index (χ0n) is 22.7. The molecule has 0 bridgehead atoms. The molecule has 2 aliphatic heterocycles. The van der Waals surface area contributed by atoms with E-state index >= 15 is 0 Å². The highest BCUT2D eigenvalue weighted by molar-refractivity contribution is 6.00. The summed E-state index contributed by atoms with van der Waals surface area (Å²) in [6.07, 6.45) is 4.50. The van der Waals surface area contributed by atoms with Crippen molar-refractivity contribution in [3.05, 3.63) is 65.9 Å². The number of methoxy groups -OCH3 is 1. The second kappa shape index (κ2) is 11.4. The van der Waals surface area contributed by atoms with Gasteiger partial charge < -0.3 is 23.5 Å². The fourth-order valence-corrected chi connectivity index (χ4v) is 5.37. The van der Waals surface area contributed by atoms with Crippen LogP contribution in [-0.4, -0.2) is 61.1 Å². The van der Waals surface area contributed by atoms with Crippen LogP contribution in [0.15, 0.2) is 59.1 Å². The van der Waals surface area contributed by atoms with Gasteiger partial charge in [0.1, 0.15) is 34.9 Å². The van der Waals surface area contributed by atoms with Crippen molar-refractivity contribution >= 4 is 22.8 Å². The first-order valence-corrected chi connectivity index (χ1v) is 13.7. The van der Waals surface area contributed by atoms with Crippen molar-refractivity contribution < 1.29 is 28.2 Å². The number of rotatable bonds is 6. The summed E-state index contributed by atoms with van der Waals surface area (Å²) >= 11 is 0. The average Bonchev–Trinajstić information content (AvgIpc) is 3.46. The van der Waals surface area contributed by atoms with Crippen LogP contribution in [-0.2, 0) is 9.53 Å². The summed E-state index contributed by atoms with van der Waals surface area (Å²) < 4.78 is 23.4. The van der Waals surface area contributed by atoms with Gasteiger partial charge in [-0.25, -0.2) is 0 Å². The molecule has 4 aromatic rings. The molecule has 0 aliphatic carbocycles. The van der Waals surface area contributed by atoms with E-state index in [1.165, 1.54) is 7.11 Å². The van der Waals surface area contributed by atoms with Crippen LogP contribution in [0, 0.1) is 11.3 Å². The molecule has 2 aliphatic rings. The molecule has 9 nitrogen and oxygen atoms in total. The quantitative estimate of drug-likeness (QED) is 0.313. The number of furan rings is 1. The minimum Gasteiger partial charge on any atom is -0.496 e. The fraction of sp³-hybridized carbons (Fsp3) is 0.312. The van der Waals surface area contributed by atoms with E-state index in [1.54, 1.807) is 35.4 Å². The van der Waals surface area contributed by atoms with E-state index in [1.807, 2.05) is 24.3 Å². The largest absolute Gasteiger partial charge is 0.496 e. The first kappa shape index (κ1) is 26.5. The number of aromatic nitrogens is 1. The predicted molar refractivity (Wildman–Crippen MR) is 151 cm³/mol. The Kier molecular flexibility index (Phi) is 7.40. The number of fused-ring (bicyclic) bond motifs is 1. The summed E-state index contributed by atoms with van der Waals surface area (Å²) in [5.41, 5.74) is 4.40. The number of amides is 1. The molecule has 4 heterocycles. The smallest absolute Gasteiger partial charge is 0.258 e. The molecule has 2 fully saturated rings. The van der Waals surface area contributed by atoms with Gasteiger partial charge in [0.15, 0.2) is 11.4 Å². The Morgan fingerprint density at radius 2 is 1.90 bits per heavy atom. The third-order valence-corrected chi connectivity index (χ3v) is 7.54. The zero-order chi connectivity index (χ0) is 28.3. The van der Waals surface area contributed by atoms with Crippen molar-refractivity contribution in [2.24, 2.45) is 0 Å². The number of likely N-dealkylation sites (tertiary alicyclic amines) is 1. The number of benzene rings is 2. The molecule has 6 rings (SSSR count). The second-order valence-electron chi connectivity index (χ2n) is 10.2. The van der Waals surface area contributed by atoms with Crippen molar-refractivity contribution in [3.8, 4) is 40.0 Å². The molecule has 208 valence electrons. The molecule has 41 heavy (non-hydrogen) atoms. The zero-order valence-corrected chi connectivity index (χ0v) is 22.7. The standard InChI is InChI=1S/C32H29N3O6/c1-38-30-16-21(4-6-26(30)32(37)35-12-2-3-23(36)19-35)29-17-27-31(41-29)25(8-11-34-27)20-5-7-28(22(15-20)18-33)40-24-9-13-39-14-10-24/h4-8,11,15-17,24H,2-3,9-10,12-14,19H2,1H3. The van der Waals surface area contributed by atoms with Gasteiger partial charge >= 0.3 is 0 Å². The molecule has 0 radical (unpaired) electrons. The maximum Gasteiger partial charge on any atom is 0.258 e. The van der Waals surface area contributed by atoms with E-state index in [4.69, 9.17) is 18.6 Å². The lowest BCUT2D eigenvalue weighted by Gasteiger charge is -2.26. The molecule has 2 aromatic heterocycles. The Labute approximate surface area is 237 Å². The van der Waals surface area contributed by atoms with Gasteiger partial charge in [0.05, 0.1) is 38.0 Å². The lowest BCUT2D eigenvalue weighted by atomic mass is 10.0. The van der Waals surface area contributed by atoms with Crippen molar-refractivity contribution in [1.29, 1.82) is 5.26 Å². The number of pyridine rings is 1. The number of carbonyl (C=O) groups excluding carboxylic acids is 2. The number of nitrogens with zero attached hydrogens (tertiary/aromatic N) is 3. The highest BCUT2D eigenvalue weighted by atomic mass is 16.5. The van der Waals surface area contributed by atoms with Gasteiger partial charge in [0.2, 0.25) is 0 Å².